The molecule has 0 saturated heterocycles. The summed E-state index contributed by atoms with van der Waals surface area (Å²) in [5.74, 6) is 0.930. The Balaban J connectivity index is 1.50. The fourth-order valence-corrected chi connectivity index (χ4v) is 2.38. The molecule has 136 valence electrons. The van der Waals surface area contributed by atoms with Crippen molar-refractivity contribution in [3.63, 3.8) is 0 Å². The van der Waals surface area contributed by atoms with E-state index in [-0.39, 0.29) is 18.4 Å². The highest BCUT2D eigenvalue weighted by Crippen LogP contribution is 2.20. The highest BCUT2D eigenvalue weighted by molar-refractivity contribution is 5.97. The third-order valence-corrected chi connectivity index (χ3v) is 3.83. The Kier molecular flexibility index (Phi) is 5.73. The number of anilines is 1. The van der Waals surface area contributed by atoms with Gasteiger partial charge in [-0.15, -0.1) is 0 Å². The van der Waals surface area contributed by atoms with Crippen LogP contribution in [0.1, 0.15) is 30.1 Å². The number of hydrogen-bond acceptors (Lipinski definition) is 4. The first-order chi connectivity index (χ1) is 12.6. The Morgan fingerprint density at radius 2 is 1.73 bits per heavy atom. The summed E-state index contributed by atoms with van der Waals surface area (Å²) >= 11 is 0. The second-order valence-electron chi connectivity index (χ2n) is 6.07. The second-order valence-corrected chi connectivity index (χ2v) is 6.07. The molecule has 0 unspecified atom stereocenters. The molecule has 2 aromatic rings. The maximum atomic E-state index is 12.1. The molecule has 0 bridgehead atoms. The first kappa shape index (κ1) is 17.8. The van der Waals surface area contributed by atoms with Crippen LogP contribution in [0.5, 0.6) is 11.5 Å². The summed E-state index contributed by atoms with van der Waals surface area (Å²) in [6, 6.07) is 14.2. The van der Waals surface area contributed by atoms with Crippen molar-refractivity contribution in [2.75, 3.05) is 18.5 Å². The second kappa shape index (κ2) is 8.38. The van der Waals surface area contributed by atoms with E-state index in [9.17, 15) is 9.59 Å². The molecule has 26 heavy (non-hydrogen) atoms. The molecule has 0 heterocycles. The van der Waals surface area contributed by atoms with Crippen LogP contribution in [-0.4, -0.2) is 31.1 Å². The molecule has 0 spiro atoms. The monoisotopic (exact) mass is 354 g/mol. The molecule has 0 aliphatic heterocycles. The van der Waals surface area contributed by atoms with Crippen LogP contribution in [0.4, 0.5) is 5.69 Å². The molecule has 2 amide bonds. The van der Waals surface area contributed by atoms with Crippen molar-refractivity contribution in [3.8, 4) is 11.5 Å². The van der Waals surface area contributed by atoms with Gasteiger partial charge in [-0.1, -0.05) is 6.07 Å². The number of hydrogen-bond donors (Lipinski definition) is 2. The number of rotatable bonds is 8. The zero-order chi connectivity index (χ0) is 18.4. The maximum Gasteiger partial charge on any atom is 0.262 e. The smallest absolute Gasteiger partial charge is 0.262 e. The Hall–Kier alpha value is -3.02. The molecular formula is C20H22N2O4. The summed E-state index contributed by atoms with van der Waals surface area (Å²) in [5, 5.41) is 5.66. The van der Waals surface area contributed by atoms with Crippen LogP contribution >= 0.6 is 0 Å². The third kappa shape index (κ3) is 5.24. The quantitative estimate of drug-likeness (QED) is 0.764. The van der Waals surface area contributed by atoms with Gasteiger partial charge in [-0.25, -0.2) is 0 Å². The number of nitrogens with one attached hydrogen (secondary N) is 2. The van der Waals surface area contributed by atoms with Gasteiger partial charge in [0, 0.05) is 17.3 Å². The summed E-state index contributed by atoms with van der Waals surface area (Å²) in [6.07, 6.45) is 2.07. The molecule has 1 aliphatic carbocycles. The van der Waals surface area contributed by atoms with E-state index in [2.05, 4.69) is 10.6 Å². The standard InChI is InChI=1S/C20H22N2O4/c1-2-25-17-8-10-18(11-9-17)26-13-19(23)21-16-5-3-4-14(12-16)20(24)22-15-6-7-15/h3-5,8-12,15H,2,6-7,13H2,1H3,(H,21,23)(H,22,24). The molecular weight excluding hydrogens is 332 g/mol. The minimum atomic E-state index is -0.293. The van der Waals surface area contributed by atoms with Crippen molar-refractivity contribution >= 4 is 17.5 Å². The van der Waals surface area contributed by atoms with E-state index in [4.69, 9.17) is 9.47 Å². The topological polar surface area (TPSA) is 76.7 Å². The molecule has 1 aliphatic rings. The number of ether oxygens (including phenoxy) is 2. The van der Waals surface area contributed by atoms with Gasteiger partial charge in [0.1, 0.15) is 11.5 Å². The van der Waals surface area contributed by atoms with E-state index in [0.29, 0.717) is 29.6 Å². The molecule has 3 rings (SSSR count). The van der Waals surface area contributed by atoms with Gasteiger partial charge in [0.15, 0.2) is 6.61 Å². The van der Waals surface area contributed by atoms with Crippen LogP contribution in [-0.2, 0) is 4.79 Å². The van der Waals surface area contributed by atoms with E-state index in [1.165, 1.54) is 0 Å². The lowest BCUT2D eigenvalue weighted by Crippen LogP contribution is -2.25. The molecule has 2 N–H and O–H groups in total. The third-order valence-electron chi connectivity index (χ3n) is 3.83. The summed E-state index contributed by atoms with van der Waals surface area (Å²) in [7, 11) is 0. The first-order valence-corrected chi connectivity index (χ1v) is 8.70. The maximum absolute atomic E-state index is 12.1. The highest BCUT2D eigenvalue weighted by Gasteiger charge is 2.23. The van der Waals surface area contributed by atoms with Crippen LogP contribution in [0.2, 0.25) is 0 Å². The molecule has 1 saturated carbocycles. The van der Waals surface area contributed by atoms with Crippen LogP contribution in [0, 0.1) is 0 Å². The number of benzene rings is 2. The van der Waals surface area contributed by atoms with Crippen molar-refractivity contribution in [2.45, 2.75) is 25.8 Å². The lowest BCUT2D eigenvalue weighted by atomic mass is 10.2. The van der Waals surface area contributed by atoms with E-state index < -0.39 is 0 Å². The summed E-state index contributed by atoms with van der Waals surface area (Å²) in [5.41, 5.74) is 1.09. The van der Waals surface area contributed by atoms with Gasteiger partial charge < -0.3 is 20.1 Å². The van der Waals surface area contributed by atoms with E-state index in [1.54, 1.807) is 48.5 Å². The minimum Gasteiger partial charge on any atom is -0.494 e. The molecule has 6 nitrogen and oxygen atoms in total. The van der Waals surface area contributed by atoms with Crippen LogP contribution < -0.4 is 20.1 Å². The Labute approximate surface area is 152 Å². The Bertz CT molecular complexity index is 770. The van der Waals surface area contributed by atoms with Crippen LogP contribution in [0.25, 0.3) is 0 Å². The van der Waals surface area contributed by atoms with E-state index in [0.717, 1.165) is 18.6 Å². The highest BCUT2D eigenvalue weighted by atomic mass is 16.5. The van der Waals surface area contributed by atoms with Gasteiger partial charge in [-0.3, -0.25) is 9.59 Å². The van der Waals surface area contributed by atoms with E-state index >= 15 is 0 Å². The lowest BCUT2D eigenvalue weighted by Gasteiger charge is -2.10. The number of carbonyl (C=O) groups is 2. The van der Waals surface area contributed by atoms with Crippen molar-refractivity contribution in [1.29, 1.82) is 0 Å². The van der Waals surface area contributed by atoms with Gasteiger partial charge in [-0.05, 0) is 62.2 Å². The minimum absolute atomic E-state index is 0.116. The van der Waals surface area contributed by atoms with Gasteiger partial charge in [-0.2, -0.15) is 0 Å². The average molecular weight is 354 g/mol. The van der Waals surface area contributed by atoms with Crippen LogP contribution in [0.15, 0.2) is 48.5 Å². The first-order valence-electron chi connectivity index (χ1n) is 8.70. The molecule has 1 fully saturated rings. The van der Waals surface area contributed by atoms with Gasteiger partial charge >= 0.3 is 0 Å². The predicted octanol–water partition coefficient (Wildman–Crippen LogP) is 3.00. The van der Waals surface area contributed by atoms with Crippen molar-refractivity contribution in [3.05, 3.63) is 54.1 Å². The fourth-order valence-electron chi connectivity index (χ4n) is 2.38. The molecule has 0 aromatic heterocycles. The summed E-state index contributed by atoms with van der Waals surface area (Å²) in [4.78, 5) is 24.1. The Morgan fingerprint density at radius 1 is 1.04 bits per heavy atom. The number of carbonyl (C=O) groups excluding carboxylic acids is 2. The average Bonchev–Trinajstić information content (AvgIpc) is 3.46. The van der Waals surface area contributed by atoms with Gasteiger partial charge in [0.2, 0.25) is 0 Å². The van der Waals surface area contributed by atoms with Crippen LogP contribution in [0.3, 0.4) is 0 Å². The fraction of sp³-hybridized carbons (Fsp3) is 0.300. The van der Waals surface area contributed by atoms with Crippen molar-refractivity contribution in [1.82, 2.24) is 5.32 Å². The lowest BCUT2D eigenvalue weighted by molar-refractivity contribution is -0.118. The molecule has 6 heteroatoms. The van der Waals surface area contributed by atoms with Gasteiger partial charge in [0.25, 0.3) is 11.8 Å². The normalized spacial score (nSPS) is 13.0. The predicted molar refractivity (Wildman–Crippen MR) is 98.7 cm³/mol. The van der Waals surface area contributed by atoms with Gasteiger partial charge in [0.05, 0.1) is 6.61 Å². The van der Waals surface area contributed by atoms with E-state index in [1.807, 2.05) is 6.92 Å². The van der Waals surface area contributed by atoms with Crippen molar-refractivity contribution < 1.29 is 19.1 Å². The van der Waals surface area contributed by atoms with Crippen molar-refractivity contribution in [2.24, 2.45) is 0 Å². The molecule has 0 atom stereocenters. The molecule has 2 aromatic carbocycles. The zero-order valence-electron chi connectivity index (χ0n) is 14.7. The Morgan fingerprint density at radius 3 is 2.38 bits per heavy atom. The zero-order valence-corrected chi connectivity index (χ0v) is 14.7. The largest absolute Gasteiger partial charge is 0.494 e. The summed E-state index contributed by atoms with van der Waals surface area (Å²) < 4.78 is 10.8. The molecule has 0 radical (unpaired) electrons. The number of amides is 2. The SMILES string of the molecule is CCOc1ccc(OCC(=O)Nc2cccc(C(=O)NC3CC3)c2)cc1. The summed E-state index contributed by atoms with van der Waals surface area (Å²) in [6.45, 7) is 2.39.